The number of aromatic amines is 1. The quantitative estimate of drug-likeness (QED) is 0.664. The molecule has 0 aliphatic heterocycles. The van der Waals surface area contributed by atoms with Crippen molar-refractivity contribution in [1.29, 1.82) is 0 Å². The minimum absolute atomic E-state index is 0.0445. The number of amides is 1. The molecule has 29 heavy (non-hydrogen) atoms. The highest BCUT2D eigenvalue weighted by Crippen LogP contribution is 2.28. The molecule has 1 fully saturated rings. The number of nitrogens with zero attached hydrogens (tertiary/aromatic N) is 1. The normalized spacial score (nSPS) is 15.4. The van der Waals surface area contributed by atoms with Crippen LogP contribution in [0.2, 0.25) is 0 Å². The van der Waals surface area contributed by atoms with Crippen LogP contribution >= 0.6 is 0 Å². The Bertz CT molecular complexity index is 986. The lowest BCUT2D eigenvalue weighted by atomic mass is 9.92. The van der Waals surface area contributed by atoms with Gasteiger partial charge >= 0.3 is 0 Å². The van der Waals surface area contributed by atoms with E-state index in [9.17, 15) is 13.2 Å². The average molecular weight is 421 g/mol. The molecule has 1 saturated carbocycles. The lowest BCUT2D eigenvalue weighted by Gasteiger charge is -2.15. The highest BCUT2D eigenvalue weighted by Gasteiger charge is 2.27. The SMILES string of the molecule is COc1ccc(C(=O)Nc2cc(C(C)(C)C)[nH]n2)cc1S(=O)(=O)NC1CCCC1. The number of aromatic nitrogens is 2. The van der Waals surface area contributed by atoms with Crippen molar-refractivity contribution in [2.24, 2.45) is 0 Å². The van der Waals surface area contributed by atoms with Crippen LogP contribution in [0.4, 0.5) is 5.82 Å². The molecule has 0 atom stereocenters. The third-order valence-electron chi connectivity index (χ3n) is 5.02. The summed E-state index contributed by atoms with van der Waals surface area (Å²) in [6, 6.07) is 6.04. The molecule has 1 heterocycles. The Labute approximate surface area is 171 Å². The maximum atomic E-state index is 12.9. The fourth-order valence-corrected chi connectivity index (χ4v) is 4.81. The lowest BCUT2D eigenvalue weighted by molar-refractivity contribution is 0.102. The summed E-state index contributed by atoms with van der Waals surface area (Å²) in [4.78, 5) is 12.6. The van der Waals surface area contributed by atoms with Crippen molar-refractivity contribution in [2.75, 3.05) is 12.4 Å². The molecule has 158 valence electrons. The van der Waals surface area contributed by atoms with Crippen LogP contribution in [0.1, 0.15) is 62.5 Å². The van der Waals surface area contributed by atoms with Crippen molar-refractivity contribution in [3.05, 3.63) is 35.5 Å². The molecule has 9 heteroatoms. The number of benzene rings is 1. The smallest absolute Gasteiger partial charge is 0.256 e. The van der Waals surface area contributed by atoms with Gasteiger partial charge in [-0.15, -0.1) is 0 Å². The molecule has 2 aromatic rings. The monoisotopic (exact) mass is 420 g/mol. The predicted octanol–water partition coefficient (Wildman–Crippen LogP) is 3.19. The van der Waals surface area contributed by atoms with Crippen molar-refractivity contribution < 1.29 is 17.9 Å². The number of methoxy groups -OCH3 is 1. The predicted molar refractivity (Wildman–Crippen MR) is 111 cm³/mol. The number of nitrogens with one attached hydrogen (secondary N) is 3. The second-order valence-corrected chi connectivity index (χ2v) is 10.0. The van der Waals surface area contributed by atoms with Crippen LogP contribution in [0.15, 0.2) is 29.2 Å². The van der Waals surface area contributed by atoms with Gasteiger partial charge in [0.05, 0.1) is 7.11 Å². The Hall–Kier alpha value is -2.39. The van der Waals surface area contributed by atoms with E-state index in [2.05, 4.69) is 20.2 Å². The van der Waals surface area contributed by atoms with Gasteiger partial charge in [-0.1, -0.05) is 33.6 Å². The number of carbonyl (C=O) groups is 1. The number of hydrogen-bond acceptors (Lipinski definition) is 5. The first-order chi connectivity index (χ1) is 13.6. The van der Waals surface area contributed by atoms with E-state index in [0.717, 1.165) is 31.4 Å². The number of sulfonamides is 1. The lowest BCUT2D eigenvalue weighted by Crippen LogP contribution is -2.33. The zero-order valence-corrected chi connectivity index (χ0v) is 18.0. The summed E-state index contributed by atoms with van der Waals surface area (Å²) in [5.41, 5.74) is 0.952. The molecule has 1 aliphatic carbocycles. The standard InChI is InChI=1S/C20H28N4O4S/c1-20(2,3)17-12-18(23-22-17)21-19(25)13-9-10-15(28-4)16(11-13)29(26,27)24-14-7-5-6-8-14/h9-12,14,24H,5-8H2,1-4H3,(H2,21,22,23,25). The maximum absolute atomic E-state index is 12.9. The third kappa shape index (κ3) is 4.97. The highest BCUT2D eigenvalue weighted by atomic mass is 32.2. The average Bonchev–Trinajstić information content (AvgIpc) is 3.32. The second kappa shape index (κ2) is 8.16. The summed E-state index contributed by atoms with van der Waals surface area (Å²) in [6.07, 6.45) is 3.65. The summed E-state index contributed by atoms with van der Waals surface area (Å²) in [7, 11) is -2.40. The molecule has 1 aliphatic rings. The van der Waals surface area contributed by atoms with Gasteiger partial charge in [0, 0.05) is 28.8 Å². The van der Waals surface area contributed by atoms with Crippen molar-refractivity contribution in [3.63, 3.8) is 0 Å². The van der Waals surface area contributed by atoms with Crippen LogP contribution < -0.4 is 14.8 Å². The van der Waals surface area contributed by atoms with E-state index in [1.807, 2.05) is 20.8 Å². The summed E-state index contributed by atoms with van der Waals surface area (Å²) in [5, 5.41) is 9.72. The number of H-pyrrole nitrogens is 1. The first kappa shape index (κ1) is 21.3. The van der Waals surface area contributed by atoms with E-state index in [-0.39, 0.29) is 27.7 Å². The van der Waals surface area contributed by atoms with E-state index >= 15 is 0 Å². The van der Waals surface area contributed by atoms with Gasteiger partial charge in [0.15, 0.2) is 5.82 Å². The van der Waals surface area contributed by atoms with Gasteiger partial charge in [0.25, 0.3) is 5.91 Å². The van der Waals surface area contributed by atoms with E-state index in [1.165, 1.54) is 25.3 Å². The molecule has 3 rings (SSSR count). The molecule has 3 N–H and O–H groups in total. The van der Waals surface area contributed by atoms with E-state index in [1.54, 1.807) is 6.07 Å². The topological polar surface area (TPSA) is 113 Å². The van der Waals surface area contributed by atoms with Gasteiger partial charge in [0.1, 0.15) is 10.6 Å². The van der Waals surface area contributed by atoms with Crippen LogP contribution in [0.25, 0.3) is 0 Å². The van der Waals surface area contributed by atoms with Crippen LogP contribution in [0.3, 0.4) is 0 Å². The number of ether oxygens (including phenoxy) is 1. The van der Waals surface area contributed by atoms with Crippen molar-refractivity contribution in [2.45, 2.75) is 62.8 Å². The van der Waals surface area contributed by atoms with Gasteiger partial charge in [-0.3, -0.25) is 9.89 Å². The molecule has 0 spiro atoms. The van der Waals surface area contributed by atoms with Gasteiger partial charge in [-0.05, 0) is 31.0 Å². The van der Waals surface area contributed by atoms with Crippen molar-refractivity contribution >= 4 is 21.7 Å². The minimum atomic E-state index is -3.81. The van der Waals surface area contributed by atoms with Gasteiger partial charge in [-0.2, -0.15) is 5.10 Å². The first-order valence-corrected chi connectivity index (χ1v) is 11.2. The summed E-state index contributed by atoms with van der Waals surface area (Å²) in [5.74, 6) is 0.128. The maximum Gasteiger partial charge on any atom is 0.256 e. The molecule has 0 bridgehead atoms. The molecule has 0 saturated heterocycles. The Morgan fingerprint density at radius 3 is 2.48 bits per heavy atom. The summed E-state index contributed by atoms with van der Waals surface area (Å²) in [6.45, 7) is 6.10. The number of carbonyl (C=O) groups excluding carboxylic acids is 1. The Balaban J connectivity index is 1.83. The number of rotatable bonds is 6. The fraction of sp³-hybridized carbons (Fsp3) is 0.500. The van der Waals surface area contributed by atoms with Gasteiger partial charge in [-0.25, -0.2) is 13.1 Å². The van der Waals surface area contributed by atoms with Crippen LogP contribution in [0, 0.1) is 0 Å². The largest absolute Gasteiger partial charge is 0.495 e. The van der Waals surface area contributed by atoms with Gasteiger partial charge < -0.3 is 10.1 Å². The third-order valence-corrected chi connectivity index (χ3v) is 6.56. The Morgan fingerprint density at radius 1 is 1.21 bits per heavy atom. The van der Waals surface area contributed by atoms with E-state index < -0.39 is 15.9 Å². The molecule has 0 radical (unpaired) electrons. The molecular formula is C20H28N4O4S. The Morgan fingerprint density at radius 2 is 1.90 bits per heavy atom. The summed E-state index contributed by atoms with van der Waals surface area (Å²) < 4.78 is 33.7. The van der Waals surface area contributed by atoms with E-state index in [0.29, 0.717) is 5.82 Å². The van der Waals surface area contributed by atoms with Crippen molar-refractivity contribution in [3.8, 4) is 5.75 Å². The van der Waals surface area contributed by atoms with E-state index in [4.69, 9.17) is 4.74 Å². The zero-order chi connectivity index (χ0) is 21.2. The van der Waals surface area contributed by atoms with Crippen LogP contribution in [-0.4, -0.2) is 37.7 Å². The number of hydrogen-bond donors (Lipinski definition) is 3. The van der Waals surface area contributed by atoms with Crippen molar-refractivity contribution in [1.82, 2.24) is 14.9 Å². The second-order valence-electron chi connectivity index (χ2n) is 8.34. The minimum Gasteiger partial charge on any atom is -0.495 e. The molecule has 1 amide bonds. The fourth-order valence-electron chi connectivity index (χ4n) is 3.31. The molecule has 1 aromatic heterocycles. The molecule has 1 aromatic carbocycles. The molecule has 0 unspecified atom stereocenters. The number of anilines is 1. The van der Waals surface area contributed by atoms with Gasteiger partial charge in [0.2, 0.25) is 10.0 Å². The zero-order valence-electron chi connectivity index (χ0n) is 17.2. The molecule has 8 nitrogen and oxygen atoms in total. The van der Waals surface area contributed by atoms with Crippen LogP contribution in [0.5, 0.6) is 5.75 Å². The first-order valence-electron chi connectivity index (χ1n) is 9.68. The Kier molecular flexibility index (Phi) is 6.00. The highest BCUT2D eigenvalue weighted by molar-refractivity contribution is 7.89. The van der Waals surface area contributed by atoms with Crippen LogP contribution in [-0.2, 0) is 15.4 Å². The summed E-state index contributed by atoms with van der Waals surface area (Å²) >= 11 is 0. The molecular weight excluding hydrogens is 392 g/mol.